The van der Waals surface area contributed by atoms with Gasteiger partial charge in [0.15, 0.2) is 0 Å². The van der Waals surface area contributed by atoms with Crippen molar-refractivity contribution in [2.45, 2.75) is 37.5 Å². The Morgan fingerprint density at radius 1 is 1.38 bits per heavy atom. The summed E-state index contributed by atoms with van der Waals surface area (Å²) in [6, 6.07) is 7.85. The fourth-order valence-corrected chi connectivity index (χ4v) is 3.31. The van der Waals surface area contributed by atoms with Crippen molar-refractivity contribution in [1.82, 2.24) is 10.2 Å². The molecule has 2 fully saturated rings. The molecule has 1 aromatic carbocycles. The van der Waals surface area contributed by atoms with Crippen LogP contribution in [0.2, 0.25) is 0 Å². The minimum atomic E-state index is -0.402. The summed E-state index contributed by atoms with van der Waals surface area (Å²) in [4.78, 5) is 14.6. The second-order valence-electron chi connectivity index (χ2n) is 5.81. The normalized spacial score (nSPS) is 28.9. The van der Waals surface area contributed by atoms with Crippen molar-refractivity contribution in [2.75, 3.05) is 20.2 Å². The number of hydrogen-bond donors (Lipinski definition) is 2. The molecule has 0 spiro atoms. The average Bonchev–Trinajstić information content (AvgIpc) is 3.15. The van der Waals surface area contributed by atoms with Gasteiger partial charge in [0, 0.05) is 13.1 Å². The number of rotatable bonds is 3. The molecule has 5 heteroatoms. The molecule has 2 saturated heterocycles. The van der Waals surface area contributed by atoms with Gasteiger partial charge in [0.05, 0.1) is 25.3 Å². The van der Waals surface area contributed by atoms with Crippen molar-refractivity contribution in [3.8, 4) is 5.75 Å². The number of benzene rings is 1. The molecule has 0 aliphatic carbocycles. The van der Waals surface area contributed by atoms with Crippen molar-refractivity contribution in [3.63, 3.8) is 0 Å². The molecule has 5 nitrogen and oxygen atoms in total. The monoisotopic (exact) mass is 290 g/mol. The number of nitrogens with zero attached hydrogens (tertiary/aromatic N) is 1. The van der Waals surface area contributed by atoms with Gasteiger partial charge in [0.1, 0.15) is 5.75 Å². The van der Waals surface area contributed by atoms with E-state index in [0.717, 1.165) is 30.7 Å². The summed E-state index contributed by atoms with van der Waals surface area (Å²) in [5, 5.41) is 12.7. The summed E-state index contributed by atoms with van der Waals surface area (Å²) in [5.41, 5.74) is 1.15. The highest BCUT2D eigenvalue weighted by Crippen LogP contribution is 2.33. The molecule has 2 heterocycles. The number of ether oxygens (including phenoxy) is 1. The number of methoxy groups -OCH3 is 1. The van der Waals surface area contributed by atoms with E-state index in [1.54, 1.807) is 7.11 Å². The molecule has 0 radical (unpaired) electrons. The molecular weight excluding hydrogens is 268 g/mol. The van der Waals surface area contributed by atoms with Crippen molar-refractivity contribution in [3.05, 3.63) is 29.8 Å². The second-order valence-corrected chi connectivity index (χ2v) is 5.81. The maximum atomic E-state index is 12.6. The number of hydrogen-bond acceptors (Lipinski definition) is 4. The van der Waals surface area contributed by atoms with Crippen LogP contribution in [0.3, 0.4) is 0 Å². The Labute approximate surface area is 124 Å². The summed E-state index contributed by atoms with van der Waals surface area (Å²) in [6.45, 7) is 1.31. The van der Waals surface area contributed by atoms with Gasteiger partial charge < -0.3 is 20.1 Å². The van der Waals surface area contributed by atoms with E-state index in [9.17, 15) is 9.90 Å². The molecule has 2 aliphatic rings. The molecule has 2 N–H and O–H groups in total. The molecule has 21 heavy (non-hydrogen) atoms. The van der Waals surface area contributed by atoms with E-state index in [0.29, 0.717) is 13.0 Å². The third kappa shape index (κ3) is 2.89. The molecule has 0 aromatic heterocycles. The number of carbonyl (C=O) groups is 1. The fourth-order valence-electron chi connectivity index (χ4n) is 3.31. The van der Waals surface area contributed by atoms with Crippen molar-refractivity contribution in [1.29, 1.82) is 0 Å². The molecular formula is C16H22N2O3. The summed E-state index contributed by atoms with van der Waals surface area (Å²) < 4.78 is 5.18. The highest BCUT2D eigenvalue weighted by atomic mass is 16.5. The number of β-amino-alcohol motifs (C(OH)–C–C–N with tert-alkyl or cyclic N) is 1. The van der Waals surface area contributed by atoms with Crippen LogP contribution in [0.4, 0.5) is 0 Å². The van der Waals surface area contributed by atoms with Crippen LogP contribution in [-0.2, 0) is 4.79 Å². The lowest BCUT2D eigenvalue weighted by molar-refractivity contribution is -0.134. The topological polar surface area (TPSA) is 61.8 Å². The number of aliphatic hydroxyl groups is 1. The second kappa shape index (κ2) is 6.03. The molecule has 2 aliphatic heterocycles. The smallest absolute Gasteiger partial charge is 0.240 e. The highest BCUT2D eigenvalue weighted by molar-refractivity contribution is 5.83. The number of likely N-dealkylation sites (tertiary alicyclic amines) is 1. The van der Waals surface area contributed by atoms with Crippen LogP contribution < -0.4 is 10.1 Å². The van der Waals surface area contributed by atoms with Crippen LogP contribution in [-0.4, -0.2) is 48.3 Å². The van der Waals surface area contributed by atoms with Gasteiger partial charge in [-0.05, 0) is 37.0 Å². The van der Waals surface area contributed by atoms with Crippen molar-refractivity contribution in [2.24, 2.45) is 0 Å². The summed E-state index contributed by atoms with van der Waals surface area (Å²) in [6.07, 6.45) is 2.14. The number of amides is 1. The predicted octanol–water partition coefficient (Wildman–Crippen LogP) is 1.08. The molecule has 1 aromatic rings. The van der Waals surface area contributed by atoms with Gasteiger partial charge >= 0.3 is 0 Å². The molecule has 3 atom stereocenters. The molecule has 1 amide bonds. The van der Waals surface area contributed by atoms with Gasteiger partial charge in [0.25, 0.3) is 0 Å². The largest absolute Gasteiger partial charge is 0.497 e. The van der Waals surface area contributed by atoms with Crippen LogP contribution in [0.5, 0.6) is 5.75 Å². The van der Waals surface area contributed by atoms with E-state index < -0.39 is 6.10 Å². The number of nitrogens with one attached hydrogen (secondary N) is 1. The lowest BCUT2D eigenvalue weighted by Gasteiger charge is -2.28. The zero-order valence-corrected chi connectivity index (χ0v) is 12.3. The van der Waals surface area contributed by atoms with Crippen LogP contribution in [0.15, 0.2) is 24.3 Å². The average molecular weight is 290 g/mol. The maximum absolute atomic E-state index is 12.6. The Morgan fingerprint density at radius 3 is 2.76 bits per heavy atom. The Bertz CT molecular complexity index is 503. The first kappa shape index (κ1) is 14.4. The molecule has 3 rings (SSSR count). The minimum absolute atomic E-state index is 0.116. The van der Waals surface area contributed by atoms with Crippen LogP contribution in [0, 0.1) is 0 Å². The number of aliphatic hydroxyl groups excluding tert-OH is 1. The van der Waals surface area contributed by atoms with Crippen LogP contribution in [0.1, 0.15) is 30.9 Å². The Kier molecular flexibility index (Phi) is 4.12. The maximum Gasteiger partial charge on any atom is 0.240 e. The Balaban J connectivity index is 1.73. The van der Waals surface area contributed by atoms with Crippen molar-refractivity contribution < 1.29 is 14.6 Å². The minimum Gasteiger partial charge on any atom is -0.497 e. The van der Waals surface area contributed by atoms with Gasteiger partial charge in [-0.15, -0.1) is 0 Å². The van der Waals surface area contributed by atoms with E-state index in [-0.39, 0.29) is 18.0 Å². The van der Waals surface area contributed by atoms with Gasteiger partial charge in [-0.25, -0.2) is 0 Å². The quantitative estimate of drug-likeness (QED) is 0.874. The summed E-state index contributed by atoms with van der Waals surface area (Å²) >= 11 is 0. The van der Waals surface area contributed by atoms with Gasteiger partial charge in [-0.2, -0.15) is 0 Å². The van der Waals surface area contributed by atoms with Crippen LogP contribution >= 0.6 is 0 Å². The van der Waals surface area contributed by atoms with Gasteiger partial charge in [-0.3, -0.25) is 4.79 Å². The molecule has 0 saturated carbocycles. The fraction of sp³-hybridized carbons (Fsp3) is 0.562. The first-order valence-electron chi connectivity index (χ1n) is 7.55. The van der Waals surface area contributed by atoms with Gasteiger partial charge in [-0.1, -0.05) is 12.1 Å². The zero-order valence-electron chi connectivity index (χ0n) is 12.3. The third-order valence-corrected chi connectivity index (χ3v) is 4.44. The van der Waals surface area contributed by atoms with Crippen molar-refractivity contribution >= 4 is 5.91 Å². The lowest BCUT2D eigenvalue weighted by Crippen LogP contribution is -2.43. The molecule has 0 bridgehead atoms. The molecule has 3 unspecified atom stereocenters. The lowest BCUT2D eigenvalue weighted by atomic mass is 10.0. The SMILES string of the molecule is COc1ccc(C2CCCN2C(=O)C2CC(O)CN2)cc1. The van der Waals surface area contributed by atoms with E-state index in [1.807, 2.05) is 29.2 Å². The van der Waals surface area contributed by atoms with E-state index in [4.69, 9.17) is 4.74 Å². The highest BCUT2D eigenvalue weighted by Gasteiger charge is 2.36. The van der Waals surface area contributed by atoms with E-state index in [2.05, 4.69) is 5.32 Å². The third-order valence-electron chi connectivity index (χ3n) is 4.44. The molecule has 114 valence electrons. The standard InChI is InChI=1S/C16H22N2O3/c1-21-13-6-4-11(5-7-13)15-3-2-8-18(15)16(20)14-9-12(19)10-17-14/h4-7,12,14-15,17,19H,2-3,8-10H2,1H3. The van der Waals surface area contributed by atoms with E-state index in [1.165, 1.54) is 0 Å². The van der Waals surface area contributed by atoms with Crippen LogP contribution in [0.25, 0.3) is 0 Å². The summed E-state index contributed by atoms with van der Waals surface area (Å²) in [5.74, 6) is 0.945. The van der Waals surface area contributed by atoms with Gasteiger partial charge in [0.2, 0.25) is 5.91 Å². The number of carbonyl (C=O) groups excluding carboxylic acids is 1. The first-order valence-corrected chi connectivity index (χ1v) is 7.55. The predicted molar refractivity (Wildman–Crippen MR) is 79.1 cm³/mol. The summed E-state index contributed by atoms with van der Waals surface area (Å²) in [7, 11) is 1.65. The van der Waals surface area contributed by atoms with E-state index >= 15 is 0 Å². The Morgan fingerprint density at radius 2 is 2.14 bits per heavy atom. The first-order chi connectivity index (χ1) is 10.2. The zero-order chi connectivity index (χ0) is 14.8. The Hall–Kier alpha value is -1.59.